The Morgan fingerprint density at radius 3 is 2.79 bits per heavy atom. The molecule has 0 atom stereocenters. The van der Waals surface area contributed by atoms with Gasteiger partial charge < -0.3 is 9.26 Å². The van der Waals surface area contributed by atoms with Crippen LogP contribution in [0.4, 0.5) is 0 Å². The number of hydrogen-bond donors (Lipinski definition) is 0. The number of thioether (sulfide) groups is 1. The Kier molecular flexibility index (Phi) is 6.17. The molecule has 0 spiro atoms. The van der Waals surface area contributed by atoms with Crippen molar-refractivity contribution < 1.29 is 9.26 Å². The van der Waals surface area contributed by atoms with E-state index in [9.17, 15) is 4.79 Å². The van der Waals surface area contributed by atoms with Gasteiger partial charge in [0, 0.05) is 10.6 Å². The fourth-order valence-electron chi connectivity index (χ4n) is 3.26. The number of fused-ring (bicyclic) bond motifs is 1. The minimum absolute atomic E-state index is 0.119. The Bertz CT molecular complexity index is 1480. The van der Waals surface area contributed by atoms with Gasteiger partial charge in [-0.1, -0.05) is 40.7 Å². The van der Waals surface area contributed by atoms with Crippen LogP contribution in [0.2, 0.25) is 5.02 Å². The molecule has 3 heterocycles. The Balaban J connectivity index is 1.47. The third kappa shape index (κ3) is 4.52. The van der Waals surface area contributed by atoms with Gasteiger partial charge in [0.1, 0.15) is 10.4 Å². The summed E-state index contributed by atoms with van der Waals surface area (Å²) in [6.07, 6.45) is 0. The van der Waals surface area contributed by atoms with Crippen molar-refractivity contribution in [3.63, 3.8) is 0 Å². The van der Waals surface area contributed by atoms with Crippen molar-refractivity contribution in [3.05, 3.63) is 81.2 Å². The fraction of sp³-hybridized carbons (Fsp3) is 0.130. The Hall–Kier alpha value is -3.14. The molecule has 0 aliphatic heterocycles. The lowest BCUT2D eigenvalue weighted by Crippen LogP contribution is -2.20. The summed E-state index contributed by atoms with van der Waals surface area (Å²) in [6.45, 7) is 2.50. The Morgan fingerprint density at radius 1 is 1.15 bits per heavy atom. The van der Waals surface area contributed by atoms with Gasteiger partial charge in [-0.2, -0.15) is 4.98 Å². The largest absolute Gasteiger partial charge is 0.494 e. The number of aromatic nitrogens is 4. The van der Waals surface area contributed by atoms with Crippen LogP contribution >= 0.6 is 34.7 Å². The number of benzene rings is 2. The van der Waals surface area contributed by atoms with Crippen LogP contribution < -0.4 is 10.3 Å². The summed E-state index contributed by atoms with van der Waals surface area (Å²) in [7, 11) is 0. The van der Waals surface area contributed by atoms with Crippen LogP contribution in [-0.4, -0.2) is 26.3 Å². The maximum absolute atomic E-state index is 13.3. The van der Waals surface area contributed by atoms with Crippen LogP contribution in [0.25, 0.3) is 27.3 Å². The SMILES string of the molecule is CCOc1ccc(-n2c(SCc3nc(-c4cccc(Cl)c4)no3)nc3ccsc3c2=O)cc1. The van der Waals surface area contributed by atoms with Gasteiger partial charge in [0.2, 0.25) is 11.7 Å². The summed E-state index contributed by atoms with van der Waals surface area (Å²) in [5.74, 6) is 1.98. The summed E-state index contributed by atoms with van der Waals surface area (Å²) < 4.78 is 13.2. The molecule has 5 aromatic rings. The first-order chi connectivity index (χ1) is 16.1. The van der Waals surface area contributed by atoms with Gasteiger partial charge in [0.25, 0.3) is 5.56 Å². The van der Waals surface area contributed by atoms with E-state index in [1.54, 1.807) is 16.7 Å². The summed E-state index contributed by atoms with van der Waals surface area (Å²) in [5, 5.41) is 7.05. The molecule has 33 heavy (non-hydrogen) atoms. The molecule has 0 saturated heterocycles. The van der Waals surface area contributed by atoms with Crippen molar-refractivity contribution in [2.24, 2.45) is 0 Å². The van der Waals surface area contributed by atoms with E-state index in [2.05, 4.69) is 10.1 Å². The molecule has 0 N–H and O–H groups in total. The molecule has 0 aliphatic rings. The van der Waals surface area contributed by atoms with Gasteiger partial charge in [-0.3, -0.25) is 9.36 Å². The second-order valence-electron chi connectivity index (χ2n) is 6.91. The van der Waals surface area contributed by atoms with E-state index in [4.69, 9.17) is 25.8 Å². The van der Waals surface area contributed by atoms with Gasteiger partial charge in [-0.15, -0.1) is 11.3 Å². The fourth-order valence-corrected chi connectivity index (χ4v) is 5.06. The molecule has 0 radical (unpaired) electrons. The summed E-state index contributed by atoms with van der Waals surface area (Å²) >= 11 is 8.80. The zero-order valence-corrected chi connectivity index (χ0v) is 19.8. The molecule has 0 bridgehead atoms. The van der Waals surface area contributed by atoms with Crippen molar-refractivity contribution in [2.75, 3.05) is 6.61 Å². The van der Waals surface area contributed by atoms with Gasteiger partial charge in [0.05, 0.1) is 23.6 Å². The maximum Gasteiger partial charge on any atom is 0.276 e. The van der Waals surface area contributed by atoms with E-state index < -0.39 is 0 Å². The highest BCUT2D eigenvalue weighted by atomic mass is 35.5. The second kappa shape index (κ2) is 9.38. The van der Waals surface area contributed by atoms with Crippen LogP contribution in [0, 0.1) is 0 Å². The first-order valence-corrected chi connectivity index (χ1v) is 12.3. The number of rotatable bonds is 7. The van der Waals surface area contributed by atoms with E-state index in [-0.39, 0.29) is 5.56 Å². The lowest BCUT2D eigenvalue weighted by Gasteiger charge is -2.12. The number of halogens is 1. The lowest BCUT2D eigenvalue weighted by atomic mass is 10.2. The maximum atomic E-state index is 13.3. The van der Waals surface area contributed by atoms with Crippen LogP contribution in [0.3, 0.4) is 0 Å². The zero-order valence-electron chi connectivity index (χ0n) is 17.4. The molecule has 0 amide bonds. The highest BCUT2D eigenvalue weighted by molar-refractivity contribution is 7.98. The topological polar surface area (TPSA) is 83.0 Å². The molecule has 0 saturated carbocycles. The molecular weight excluding hydrogens is 480 g/mol. The summed E-state index contributed by atoms with van der Waals surface area (Å²) in [4.78, 5) is 22.5. The van der Waals surface area contributed by atoms with E-state index in [1.807, 2.05) is 54.8 Å². The molecule has 10 heteroatoms. The number of ether oxygens (including phenoxy) is 1. The number of hydrogen-bond acceptors (Lipinski definition) is 8. The van der Waals surface area contributed by atoms with Crippen molar-refractivity contribution in [1.82, 2.24) is 19.7 Å². The normalized spacial score (nSPS) is 11.2. The van der Waals surface area contributed by atoms with Gasteiger partial charge in [-0.25, -0.2) is 4.98 Å². The van der Waals surface area contributed by atoms with Crippen molar-refractivity contribution >= 4 is 44.9 Å². The molecule has 0 unspecified atom stereocenters. The molecule has 2 aromatic carbocycles. The van der Waals surface area contributed by atoms with Gasteiger partial charge >= 0.3 is 0 Å². The average molecular weight is 497 g/mol. The highest BCUT2D eigenvalue weighted by Crippen LogP contribution is 2.27. The van der Waals surface area contributed by atoms with E-state index in [0.29, 0.717) is 50.2 Å². The van der Waals surface area contributed by atoms with Crippen molar-refractivity contribution in [1.29, 1.82) is 0 Å². The summed E-state index contributed by atoms with van der Waals surface area (Å²) in [5.41, 5.74) is 2.03. The average Bonchev–Trinajstić information content (AvgIpc) is 3.49. The molecule has 0 fully saturated rings. The van der Waals surface area contributed by atoms with Crippen molar-refractivity contribution in [2.45, 2.75) is 17.8 Å². The molecule has 3 aromatic heterocycles. The highest BCUT2D eigenvalue weighted by Gasteiger charge is 2.17. The number of thiophene rings is 1. The molecule has 0 aliphatic carbocycles. The standard InChI is InChI=1S/C23H17ClN4O3S2/c1-2-30-17-8-6-16(7-9-17)28-22(29)20-18(10-11-32-20)25-23(28)33-13-19-26-21(27-31-19)14-4-3-5-15(24)12-14/h3-12H,2,13H2,1H3. The lowest BCUT2D eigenvalue weighted by molar-refractivity contribution is 0.340. The smallest absolute Gasteiger partial charge is 0.276 e. The zero-order chi connectivity index (χ0) is 22.8. The van der Waals surface area contributed by atoms with E-state index >= 15 is 0 Å². The minimum atomic E-state index is -0.119. The monoisotopic (exact) mass is 496 g/mol. The first kappa shape index (κ1) is 21.7. The first-order valence-electron chi connectivity index (χ1n) is 10.1. The second-order valence-corrected chi connectivity index (χ2v) is 9.20. The molecule has 7 nitrogen and oxygen atoms in total. The van der Waals surface area contributed by atoms with Crippen molar-refractivity contribution in [3.8, 4) is 22.8 Å². The van der Waals surface area contributed by atoms with Crippen LogP contribution in [0.1, 0.15) is 12.8 Å². The van der Waals surface area contributed by atoms with Gasteiger partial charge in [0.15, 0.2) is 5.16 Å². The molecular formula is C23H17ClN4O3S2. The third-order valence-corrected chi connectivity index (χ3v) is 6.78. The molecule has 166 valence electrons. The Labute approximate surface area is 202 Å². The quantitative estimate of drug-likeness (QED) is 0.207. The van der Waals surface area contributed by atoms with Crippen LogP contribution in [0.15, 0.2) is 74.5 Å². The Morgan fingerprint density at radius 2 is 2.00 bits per heavy atom. The minimum Gasteiger partial charge on any atom is -0.494 e. The predicted molar refractivity (Wildman–Crippen MR) is 131 cm³/mol. The molecule has 5 rings (SSSR count). The predicted octanol–water partition coefficient (Wildman–Crippen LogP) is 5.84. The van der Waals surface area contributed by atoms with E-state index in [0.717, 1.165) is 11.3 Å². The van der Waals surface area contributed by atoms with E-state index in [1.165, 1.54) is 23.1 Å². The van der Waals surface area contributed by atoms with Crippen LogP contribution in [-0.2, 0) is 5.75 Å². The summed E-state index contributed by atoms with van der Waals surface area (Å²) in [6, 6.07) is 16.5. The third-order valence-electron chi connectivity index (χ3n) is 4.73. The van der Waals surface area contributed by atoms with Gasteiger partial charge in [-0.05, 0) is 54.8 Å². The van der Waals surface area contributed by atoms with Crippen LogP contribution in [0.5, 0.6) is 5.75 Å². The number of nitrogens with zero attached hydrogens (tertiary/aromatic N) is 4.